The number of hydrogen-bond donors (Lipinski definition) is 4. The third kappa shape index (κ3) is 8.20. The molecule has 3 unspecified atom stereocenters. The van der Waals surface area contributed by atoms with Crippen LogP contribution < -0.4 is 0 Å². The molecule has 2 aromatic carbocycles. The number of nitrogens with zero attached hydrogens (tertiary/aromatic N) is 2. The number of benzene rings is 2. The first kappa shape index (κ1) is 31.9. The van der Waals surface area contributed by atoms with E-state index in [1.165, 1.54) is 53.5 Å². The lowest BCUT2D eigenvalue weighted by atomic mass is 9.91. The molecule has 1 heterocycles. The van der Waals surface area contributed by atoms with Crippen LogP contribution in [-0.2, 0) is 6.42 Å². The predicted molar refractivity (Wildman–Crippen MR) is 161 cm³/mol. The summed E-state index contributed by atoms with van der Waals surface area (Å²) in [7, 11) is 0. The van der Waals surface area contributed by atoms with Crippen molar-refractivity contribution in [1.29, 1.82) is 0 Å². The largest absolute Gasteiger partial charge is 0.493 e. The Morgan fingerprint density at radius 3 is 1.98 bits per heavy atom. The normalized spacial score (nSPS) is 16.1. The van der Waals surface area contributed by atoms with Crippen molar-refractivity contribution in [1.82, 2.24) is 0 Å². The van der Waals surface area contributed by atoms with Gasteiger partial charge in [-0.2, -0.15) is 0 Å². The summed E-state index contributed by atoms with van der Waals surface area (Å²) in [5.74, 6) is 0. The third-order valence-electron chi connectivity index (χ3n) is 7.87. The molecule has 218 valence electrons. The maximum Gasteiger partial charge on any atom is 0.211 e. The molecule has 3 rings (SSSR count). The van der Waals surface area contributed by atoms with Crippen molar-refractivity contribution in [3.63, 3.8) is 0 Å². The zero-order chi connectivity index (χ0) is 29.1. The molecule has 0 radical (unpaired) electrons. The minimum atomic E-state index is -1.45. The molecule has 1 aliphatic rings. The molecule has 0 aliphatic carbocycles. The van der Waals surface area contributed by atoms with Gasteiger partial charge < -0.3 is 26.0 Å². The fourth-order valence-electron chi connectivity index (χ4n) is 5.50. The quantitative estimate of drug-likeness (QED) is 0.130. The summed E-state index contributed by atoms with van der Waals surface area (Å²) in [5, 5.41) is 39.5. The number of unbranched alkanes of at least 4 members (excludes halogenated alkanes) is 6. The molecule has 6 heteroatoms. The second kappa shape index (κ2) is 16.0. The van der Waals surface area contributed by atoms with Crippen LogP contribution in [0.1, 0.15) is 100 Å². The van der Waals surface area contributed by atoms with Crippen LogP contribution in [0.25, 0.3) is 16.9 Å². The molecule has 1 aliphatic heterocycles. The molecule has 6 nitrogen and oxygen atoms in total. The van der Waals surface area contributed by atoms with E-state index in [-0.39, 0.29) is 6.42 Å². The van der Waals surface area contributed by atoms with E-state index in [4.69, 9.17) is 5.11 Å². The summed E-state index contributed by atoms with van der Waals surface area (Å²) >= 11 is 0. The molecular formula is C34H48N2O4. The highest BCUT2D eigenvalue weighted by atomic mass is 16.4. The van der Waals surface area contributed by atoms with Crippen LogP contribution in [0.4, 0.5) is 0 Å². The Morgan fingerprint density at radius 1 is 0.725 bits per heavy atom. The highest BCUT2D eigenvalue weighted by Gasteiger charge is 2.35. The third-order valence-corrected chi connectivity index (χ3v) is 7.87. The van der Waals surface area contributed by atoms with Gasteiger partial charge in [0.05, 0.1) is 12.7 Å². The van der Waals surface area contributed by atoms with Crippen molar-refractivity contribution in [3.8, 4) is 0 Å². The first-order valence-electron chi connectivity index (χ1n) is 15.1. The molecule has 0 bridgehead atoms. The van der Waals surface area contributed by atoms with Gasteiger partial charge in [-0.15, -0.1) is 0 Å². The Morgan fingerprint density at radius 2 is 1.32 bits per heavy atom. The lowest BCUT2D eigenvalue weighted by Crippen LogP contribution is -2.40. The van der Waals surface area contributed by atoms with Crippen molar-refractivity contribution in [2.45, 2.75) is 110 Å². The van der Waals surface area contributed by atoms with E-state index in [9.17, 15) is 20.9 Å². The molecule has 0 saturated heterocycles. The summed E-state index contributed by atoms with van der Waals surface area (Å²) in [5.41, 5.74) is 19.5. The number of aryl methyl sites for hydroxylation is 1. The molecule has 4 N–H and O–H groups in total. The van der Waals surface area contributed by atoms with Gasteiger partial charge in [-0.05, 0) is 62.4 Å². The molecule has 0 fully saturated rings. The maximum atomic E-state index is 11.8. The highest BCUT2D eigenvalue weighted by molar-refractivity contribution is 5.82. The van der Waals surface area contributed by atoms with Gasteiger partial charge in [-0.1, -0.05) is 82.2 Å². The van der Waals surface area contributed by atoms with Crippen LogP contribution in [0.2, 0.25) is 0 Å². The Kier molecular flexibility index (Phi) is 12.7. The summed E-state index contributed by atoms with van der Waals surface area (Å²) in [4.78, 5) is 0. The Labute approximate surface area is 240 Å². The molecule has 0 saturated carbocycles. The Hall–Kier alpha value is -2.64. The van der Waals surface area contributed by atoms with Crippen LogP contribution in [-0.4, -0.2) is 50.0 Å². The topological polar surface area (TPSA) is 106 Å². The average molecular weight is 549 g/mol. The Balaban J connectivity index is 1.99. The predicted octanol–water partition coefficient (Wildman–Crippen LogP) is 6.72. The van der Waals surface area contributed by atoms with E-state index >= 15 is 0 Å². The van der Waals surface area contributed by atoms with Crippen molar-refractivity contribution in [2.75, 3.05) is 6.61 Å². The monoisotopic (exact) mass is 548 g/mol. The fraction of sp³-hybridized carbons (Fsp3) is 0.529. The molecule has 0 spiro atoms. The fourth-order valence-corrected chi connectivity index (χ4v) is 5.50. The Bertz CT molecular complexity index is 1170. The van der Waals surface area contributed by atoms with Gasteiger partial charge in [0, 0.05) is 28.7 Å². The smallest absolute Gasteiger partial charge is 0.211 e. The highest BCUT2D eigenvalue weighted by Crippen LogP contribution is 2.44. The van der Waals surface area contributed by atoms with Gasteiger partial charge >= 0.3 is 0 Å². The minimum Gasteiger partial charge on any atom is -0.493 e. The summed E-state index contributed by atoms with van der Waals surface area (Å²) in [6, 6.07) is 16.0. The SMILES string of the molecule is CCCCCCCCC1=C(c2ccc(C)cc2)[N+](=[N-])C(c2cccc(CC(O)C(O)C(O)CO)c2)=C1CCCC. The van der Waals surface area contributed by atoms with Gasteiger partial charge in [0.1, 0.15) is 12.2 Å². The van der Waals surface area contributed by atoms with Crippen LogP contribution in [0.5, 0.6) is 0 Å². The van der Waals surface area contributed by atoms with Gasteiger partial charge in [0.15, 0.2) is 0 Å². The van der Waals surface area contributed by atoms with Crippen LogP contribution in [0, 0.1) is 6.92 Å². The van der Waals surface area contributed by atoms with Crippen molar-refractivity contribution < 1.29 is 25.1 Å². The number of hydrogen-bond acceptors (Lipinski definition) is 4. The zero-order valence-corrected chi connectivity index (χ0v) is 24.5. The molecular weight excluding hydrogens is 500 g/mol. The zero-order valence-electron chi connectivity index (χ0n) is 24.5. The first-order chi connectivity index (χ1) is 19.3. The van der Waals surface area contributed by atoms with Gasteiger partial charge in [0.2, 0.25) is 11.4 Å². The summed E-state index contributed by atoms with van der Waals surface area (Å²) in [6.07, 6.45) is 7.07. The maximum absolute atomic E-state index is 11.8. The summed E-state index contributed by atoms with van der Waals surface area (Å²) < 4.78 is 1.36. The number of allylic oxidation sites excluding steroid dienone is 2. The summed E-state index contributed by atoms with van der Waals surface area (Å²) in [6.45, 7) is 5.85. The second-order valence-electron chi connectivity index (χ2n) is 11.2. The van der Waals surface area contributed by atoms with Crippen molar-refractivity contribution in [3.05, 3.63) is 87.5 Å². The molecule has 0 aromatic heterocycles. The minimum absolute atomic E-state index is 0.109. The van der Waals surface area contributed by atoms with Crippen LogP contribution in [0.3, 0.4) is 0 Å². The van der Waals surface area contributed by atoms with E-state index < -0.39 is 24.9 Å². The first-order valence-corrected chi connectivity index (χ1v) is 15.1. The lowest BCUT2D eigenvalue weighted by Gasteiger charge is -2.21. The molecule has 2 aromatic rings. The second-order valence-corrected chi connectivity index (χ2v) is 11.2. The van der Waals surface area contributed by atoms with Crippen molar-refractivity contribution >= 4 is 11.4 Å². The average Bonchev–Trinajstić information content (AvgIpc) is 3.23. The van der Waals surface area contributed by atoms with Gasteiger partial charge in [-0.25, -0.2) is 4.70 Å². The lowest BCUT2D eigenvalue weighted by molar-refractivity contribution is -0.345. The van der Waals surface area contributed by atoms with E-state index in [0.29, 0.717) is 0 Å². The molecule has 40 heavy (non-hydrogen) atoms. The van der Waals surface area contributed by atoms with Crippen LogP contribution >= 0.6 is 0 Å². The van der Waals surface area contributed by atoms with Gasteiger partial charge in [-0.3, -0.25) is 0 Å². The van der Waals surface area contributed by atoms with Crippen LogP contribution in [0.15, 0.2) is 59.7 Å². The number of aliphatic hydroxyl groups excluding tert-OH is 4. The van der Waals surface area contributed by atoms with E-state index in [2.05, 4.69) is 45.0 Å². The van der Waals surface area contributed by atoms with E-state index in [1.54, 1.807) is 0 Å². The van der Waals surface area contributed by atoms with E-state index in [1.807, 2.05) is 24.3 Å². The standard InChI is InChI=1S/C34H48N2O4/c1-4-6-8-9-10-11-16-29-28(15-7-5-2)33(36(35)32(29)26-19-17-24(3)18-20-26)27-14-12-13-25(21-27)22-30(38)34(40)31(39)23-37/h12-14,17-21,30-31,34,37-40H,4-11,15-16,22-23H2,1-3H3. The van der Waals surface area contributed by atoms with E-state index in [0.717, 1.165) is 60.2 Å². The number of rotatable bonds is 17. The number of aliphatic hydroxyl groups is 4. The van der Waals surface area contributed by atoms with Gasteiger partial charge in [0.25, 0.3) is 0 Å². The molecule has 3 atom stereocenters. The molecule has 0 amide bonds. The van der Waals surface area contributed by atoms with Crippen molar-refractivity contribution in [2.24, 2.45) is 0 Å².